The largest absolute Gasteiger partial charge is 0.364 e. The van der Waals surface area contributed by atoms with E-state index in [0.29, 0.717) is 16.6 Å². The maximum Gasteiger partial charge on any atom is 0.170 e. The van der Waals surface area contributed by atoms with Crippen LogP contribution in [-0.2, 0) is 0 Å². The third-order valence-electron chi connectivity index (χ3n) is 3.97. The molecule has 4 heteroatoms. The molecule has 0 atom stereocenters. The van der Waals surface area contributed by atoms with Gasteiger partial charge in [0, 0.05) is 3.57 Å². The molecular weight excluding hydrogens is 361 g/mol. The molecule has 0 amide bonds. The van der Waals surface area contributed by atoms with Crippen molar-refractivity contribution in [2.75, 3.05) is 0 Å². The Balaban J connectivity index is 3.47. The highest BCUT2D eigenvalue weighted by atomic mass is 127. The zero-order chi connectivity index (χ0) is 13.4. The molecule has 0 aromatic carbocycles. The average molecular weight is 384 g/mol. The third kappa shape index (κ3) is 2.47. The SMILES string of the molecule is CC(C)[Si](C(C)C)(C(C)C)n1ccc(I)c1Cl. The van der Waals surface area contributed by atoms with E-state index in [1.54, 1.807) is 0 Å². The third-order valence-corrected chi connectivity index (χ3v) is 12.4. The van der Waals surface area contributed by atoms with Crippen molar-refractivity contribution in [2.45, 2.75) is 58.2 Å². The molecule has 0 fully saturated rings. The highest BCUT2D eigenvalue weighted by Crippen LogP contribution is 2.44. The van der Waals surface area contributed by atoms with Crippen molar-refractivity contribution in [1.82, 2.24) is 4.23 Å². The molecule has 1 heterocycles. The van der Waals surface area contributed by atoms with Crippen LogP contribution >= 0.6 is 34.2 Å². The lowest BCUT2D eigenvalue weighted by atomic mass is 10.5. The minimum atomic E-state index is -1.65. The molecule has 0 saturated heterocycles. The highest BCUT2D eigenvalue weighted by molar-refractivity contribution is 14.1. The predicted molar refractivity (Wildman–Crippen MR) is 88.6 cm³/mol. The summed E-state index contributed by atoms with van der Waals surface area (Å²) < 4.78 is 3.60. The molecule has 98 valence electrons. The van der Waals surface area contributed by atoms with E-state index in [0.717, 1.165) is 5.15 Å². The van der Waals surface area contributed by atoms with Crippen LogP contribution < -0.4 is 0 Å². The minimum absolute atomic E-state index is 0.684. The van der Waals surface area contributed by atoms with E-state index in [2.05, 4.69) is 80.6 Å². The summed E-state index contributed by atoms with van der Waals surface area (Å²) in [5.74, 6) is 0. The molecule has 0 N–H and O–H groups in total. The summed E-state index contributed by atoms with van der Waals surface area (Å²) in [5, 5.41) is 0.938. The number of hydrogen-bond acceptors (Lipinski definition) is 0. The van der Waals surface area contributed by atoms with Crippen LogP contribution in [0.15, 0.2) is 12.3 Å². The van der Waals surface area contributed by atoms with Gasteiger partial charge in [-0.05, 0) is 51.5 Å². The molecule has 17 heavy (non-hydrogen) atoms. The maximum absolute atomic E-state index is 6.52. The van der Waals surface area contributed by atoms with Crippen LogP contribution in [0.4, 0.5) is 0 Å². The predicted octanol–water partition coefficient (Wildman–Crippen LogP) is 5.77. The van der Waals surface area contributed by atoms with Gasteiger partial charge in [-0.25, -0.2) is 0 Å². The molecule has 0 aliphatic rings. The lowest BCUT2D eigenvalue weighted by Crippen LogP contribution is -2.51. The highest BCUT2D eigenvalue weighted by Gasteiger charge is 2.46. The van der Waals surface area contributed by atoms with E-state index in [9.17, 15) is 0 Å². The first-order valence-corrected chi connectivity index (χ1v) is 9.92. The Morgan fingerprint density at radius 2 is 1.47 bits per heavy atom. The second-order valence-electron chi connectivity index (χ2n) is 5.68. The molecule has 0 radical (unpaired) electrons. The fourth-order valence-corrected chi connectivity index (χ4v) is 11.2. The Kier molecular flexibility index (Phi) is 5.18. The summed E-state index contributed by atoms with van der Waals surface area (Å²) >= 11 is 8.84. The standard InChI is InChI=1S/C13H23ClINSi/c1-9(2)17(10(3)4,11(5)6)16-8-7-12(15)13(16)14/h7-11H,1-6H3. The van der Waals surface area contributed by atoms with Gasteiger partial charge >= 0.3 is 0 Å². The summed E-state index contributed by atoms with van der Waals surface area (Å²) in [4.78, 5) is 0. The van der Waals surface area contributed by atoms with Crippen molar-refractivity contribution in [1.29, 1.82) is 0 Å². The van der Waals surface area contributed by atoms with Crippen LogP contribution in [0.25, 0.3) is 0 Å². The smallest absolute Gasteiger partial charge is 0.170 e. The summed E-state index contributed by atoms with van der Waals surface area (Å²) in [6.07, 6.45) is 2.20. The molecule has 0 bridgehead atoms. The average Bonchev–Trinajstić information content (AvgIpc) is 2.49. The number of hydrogen-bond donors (Lipinski definition) is 0. The molecule has 0 aliphatic carbocycles. The van der Waals surface area contributed by atoms with E-state index in [1.807, 2.05) is 0 Å². The number of rotatable bonds is 4. The van der Waals surface area contributed by atoms with Crippen LogP contribution in [0.3, 0.4) is 0 Å². The van der Waals surface area contributed by atoms with Gasteiger partial charge in [-0.15, -0.1) is 0 Å². The van der Waals surface area contributed by atoms with Gasteiger partial charge in [0.15, 0.2) is 8.24 Å². The van der Waals surface area contributed by atoms with Gasteiger partial charge in [0.2, 0.25) is 0 Å². The van der Waals surface area contributed by atoms with Crippen molar-refractivity contribution in [2.24, 2.45) is 0 Å². The monoisotopic (exact) mass is 383 g/mol. The van der Waals surface area contributed by atoms with Crippen LogP contribution in [0, 0.1) is 3.57 Å². The van der Waals surface area contributed by atoms with Crippen LogP contribution in [0.1, 0.15) is 41.5 Å². The first kappa shape index (κ1) is 15.6. The first-order chi connectivity index (χ1) is 7.76. The summed E-state index contributed by atoms with van der Waals surface area (Å²) in [5.41, 5.74) is 2.05. The summed E-state index contributed by atoms with van der Waals surface area (Å²) in [6.45, 7) is 14.1. The molecule has 1 nitrogen and oxygen atoms in total. The topological polar surface area (TPSA) is 4.93 Å². The lowest BCUT2D eigenvalue weighted by molar-refractivity contribution is 0.765. The number of halogens is 2. The molecular formula is C13H23ClINSi. The Hall–Kier alpha value is 0.517. The molecule has 0 unspecified atom stereocenters. The van der Waals surface area contributed by atoms with Gasteiger partial charge in [-0.2, -0.15) is 0 Å². The van der Waals surface area contributed by atoms with E-state index in [4.69, 9.17) is 11.6 Å². The summed E-state index contributed by atoms with van der Waals surface area (Å²) in [7, 11) is -1.65. The van der Waals surface area contributed by atoms with E-state index in [-0.39, 0.29) is 0 Å². The number of nitrogens with zero attached hydrogens (tertiary/aromatic N) is 1. The van der Waals surface area contributed by atoms with Crippen molar-refractivity contribution in [3.05, 3.63) is 21.0 Å². The Morgan fingerprint density at radius 1 is 1.06 bits per heavy atom. The van der Waals surface area contributed by atoms with Gasteiger partial charge in [-0.1, -0.05) is 53.1 Å². The molecule has 1 aromatic rings. The molecule has 0 aliphatic heterocycles. The molecule has 1 rings (SSSR count). The Morgan fingerprint density at radius 3 is 1.71 bits per heavy atom. The fourth-order valence-electron chi connectivity index (χ4n) is 3.52. The summed E-state index contributed by atoms with van der Waals surface area (Å²) in [6, 6.07) is 2.14. The molecule has 0 spiro atoms. The second kappa shape index (κ2) is 5.66. The van der Waals surface area contributed by atoms with Crippen LogP contribution in [0.2, 0.25) is 21.8 Å². The van der Waals surface area contributed by atoms with Crippen molar-refractivity contribution >= 4 is 42.4 Å². The molecule has 0 saturated carbocycles. The first-order valence-electron chi connectivity index (χ1n) is 6.29. The zero-order valence-electron chi connectivity index (χ0n) is 11.6. The van der Waals surface area contributed by atoms with E-state index < -0.39 is 8.24 Å². The fraction of sp³-hybridized carbons (Fsp3) is 0.692. The van der Waals surface area contributed by atoms with Crippen molar-refractivity contribution < 1.29 is 0 Å². The second-order valence-corrected chi connectivity index (χ2v) is 12.9. The molecule has 1 aromatic heterocycles. The Labute approximate surface area is 125 Å². The van der Waals surface area contributed by atoms with Crippen molar-refractivity contribution in [3.8, 4) is 0 Å². The van der Waals surface area contributed by atoms with Crippen LogP contribution in [0.5, 0.6) is 0 Å². The van der Waals surface area contributed by atoms with E-state index >= 15 is 0 Å². The lowest BCUT2D eigenvalue weighted by Gasteiger charge is -2.44. The van der Waals surface area contributed by atoms with Gasteiger partial charge < -0.3 is 4.23 Å². The van der Waals surface area contributed by atoms with Crippen molar-refractivity contribution in [3.63, 3.8) is 0 Å². The van der Waals surface area contributed by atoms with Gasteiger partial charge in [0.25, 0.3) is 0 Å². The quantitative estimate of drug-likeness (QED) is 0.459. The van der Waals surface area contributed by atoms with Gasteiger partial charge in [0.05, 0.1) is 0 Å². The van der Waals surface area contributed by atoms with Gasteiger partial charge in [-0.3, -0.25) is 0 Å². The zero-order valence-corrected chi connectivity index (χ0v) is 15.5. The van der Waals surface area contributed by atoms with Gasteiger partial charge in [0.1, 0.15) is 5.15 Å². The maximum atomic E-state index is 6.52. The minimum Gasteiger partial charge on any atom is -0.364 e. The number of aromatic nitrogens is 1. The normalized spacial score (nSPS) is 13.1. The van der Waals surface area contributed by atoms with Crippen LogP contribution in [-0.4, -0.2) is 12.5 Å². The van der Waals surface area contributed by atoms with E-state index in [1.165, 1.54) is 3.57 Å². The Bertz CT molecular complexity index is 363.